The molecule has 6 aromatic rings. The SMILES string of the molecule is CCOCc1cc(C2=C(c3cc(COc4ccc5ccccc5c4-c4c(OC)ccc5ccccc45)sc3C)C(F)(F)C(F)(F)C2(F)F)c(C)s1. The van der Waals surface area contributed by atoms with E-state index in [-0.39, 0.29) is 34.1 Å². The number of alkyl halides is 6. The van der Waals surface area contributed by atoms with Gasteiger partial charge >= 0.3 is 17.8 Å². The van der Waals surface area contributed by atoms with Gasteiger partial charge in [-0.3, -0.25) is 0 Å². The van der Waals surface area contributed by atoms with Crippen molar-refractivity contribution in [3.05, 3.63) is 116 Å². The molecule has 0 unspecified atom stereocenters. The van der Waals surface area contributed by atoms with Crippen LogP contribution >= 0.6 is 22.7 Å². The van der Waals surface area contributed by atoms with E-state index in [4.69, 9.17) is 14.2 Å². The van der Waals surface area contributed by atoms with E-state index < -0.39 is 28.9 Å². The molecule has 0 saturated heterocycles. The molecule has 0 radical (unpaired) electrons. The zero-order chi connectivity index (χ0) is 36.3. The Kier molecular flexibility index (Phi) is 8.96. The van der Waals surface area contributed by atoms with Gasteiger partial charge in [-0.25, -0.2) is 0 Å². The van der Waals surface area contributed by atoms with Crippen LogP contribution in [-0.4, -0.2) is 31.5 Å². The van der Waals surface area contributed by atoms with Crippen LogP contribution in [0.5, 0.6) is 11.5 Å². The van der Waals surface area contributed by atoms with E-state index in [1.54, 1.807) is 14.0 Å². The van der Waals surface area contributed by atoms with Crippen LogP contribution < -0.4 is 9.47 Å². The summed E-state index contributed by atoms with van der Waals surface area (Å²) in [6.07, 6.45) is 0. The monoisotopic (exact) mass is 738 g/mol. The van der Waals surface area contributed by atoms with Crippen molar-refractivity contribution < 1.29 is 40.6 Å². The zero-order valence-electron chi connectivity index (χ0n) is 28.0. The fraction of sp³-hybridized carbons (Fsp3) is 0.250. The van der Waals surface area contributed by atoms with Gasteiger partial charge in [-0.2, -0.15) is 26.3 Å². The van der Waals surface area contributed by atoms with Gasteiger partial charge in [0.2, 0.25) is 0 Å². The number of hydrogen-bond acceptors (Lipinski definition) is 5. The molecule has 1 aliphatic carbocycles. The number of benzene rings is 4. The molecule has 3 nitrogen and oxygen atoms in total. The molecule has 7 rings (SSSR count). The van der Waals surface area contributed by atoms with Crippen LogP contribution in [0.25, 0.3) is 43.8 Å². The van der Waals surface area contributed by atoms with Crippen molar-refractivity contribution in [2.24, 2.45) is 0 Å². The van der Waals surface area contributed by atoms with Crippen molar-refractivity contribution >= 4 is 55.4 Å². The number of ether oxygens (including phenoxy) is 3. The molecule has 0 N–H and O–H groups in total. The lowest BCUT2D eigenvalue weighted by molar-refractivity contribution is -0.254. The highest BCUT2D eigenvalue weighted by Gasteiger charge is 2.80. The molecule has 0 amide bonds. The molecule has 4 aromatic carbocycles. The lowest BCUT2D eigenvalue weighted by atomic mass is 9.92. The molecule has 264 valence electrons. The number of allylic oxidation sites excluding steroid dienone is 2. The minimum atomic E-state index is -5.65. The number of rotatable bonds is 10. The average Bonchev–Trinajstić information content (AvgIpc) is 3.70. The van der Waals surface area contributed by atoms with Gasteiger partial charge in [0.15, 0.2) is 0 Å². The molecule has 1 aliphatic rings. The van der Waals surface area contributed by atoms with Crippen molar-refractivity contribution in [1.29, 1.82) is 0 Å². The maximum Gasteiger partial charge on any atom is 0.380 e. The van der Waals surface area contributed by atoms with Gasteiger partial charge in [-0.05, 0) is 77.7 Å². The van der Waals surface area contributed by atoms with Crippen LogP contribution in [0.4, 0.5) is 26.3 Å². The van der Waals surface area contributed by atoms with Crippen molar-refractivity contribution in [3.8, 4) is 22.6 Å². The molecule has 2 aromatic heterocycles. The predicted molar refractivity (Wildman–Crippen MR) is 193 cm³/mol. The second kappa shape index (κ2) is 13.0. The van der Waals surface area contributed by atoms with Crippen molar-refractivity contribution in [3.63, 3.8) is 0 Å². The summed E-state index contributed by atoms with van der Waals surface area (Å²) in [4.78, 5) is 1.27. The third-order valence-electron chi connectivity index (χ3n) is 9.21. The van der Waals surface area contributed by atoms with Gasteiger partial charge in [0, 0.05) is 48.4 Å². The smallest absolute Gasteiger partial charge is 0.380 e. The Morgan fingerprint density at radius 3 is 1.59 bits per heavy atom. The molecule has 2 heterocycles. The third kappa shape index (κ3) is 5.61. The van der Waals surface area contributed by atoms with Crippen LogP contribution in [0.2, 0.25) is 0 Å². The number of methoxy groups -OCH3 is 1. The first-order valence-electron chi connectivity index (χ1n) is 16.2. The molecule has 11 heteroatoms. The van der Waals surface area contributed by atoms with Gasteiger partial charge < -0.3 is 14.2 Å². The van der Waals surface area contributed by atoms with Gasteiger partial charge in [0.25, 0.3) is 0 Å². The molecule has 0 atom stereocenters. The van der Waals surface area contributed by atoms with E-state index in [2.05, 4.69) is 0 Å². The number of hydrogen-bond donors (Lipinski definition) is 0. The molecule has 0 spiro atoms. The molecule has 51 heavy (non-hydrogen) atoms. The van der Waals surface area contributed by atoms with E-state index in [1.807, 2.05) is 72.8 Å². The molecule has 0 fully saturated rings. The van der Waals surface area contributed by atoms with E-state index in [9.17, 15) is 0 Å². The predicted octanol–water partition coefficient (Wildman–Crippen LogP) is 12.4. The van der Waals surface area contributed by atoms with Crippen LogP contribution in [-0.2, 0) is 18.0 Å². The fourth-order valence-corrected chi connectivity index (χ4v) is 8.76. The Labute approximate surface area is 298 Å². The minimum absolute atomic E-state index is 0.0450. The topological polar surface area (TPSA) is 27.7 Å². The normalized spacial score (nSPS) is 16.4. The number of fused-ring (bicyclic) bond motifs is 2. The summed E-state index contributed by atoms with van der Waals surface area (Å²) in [6, 6.07) is 25.7. The second-order valence-corrected chi connectivity index (χ2v) is 15.0. The van der Waals surface area contributed by atoms with Crippen LogP contribution in [0.15, 0.2) is 84.9 Å². The summed E-state index contributed by atoms with van der Waals surface area (Å²) in [5.41, 5.74) is -1.88. The van der Waals surface area contributed by atoms with E-state index in [0.29, 0.717) is 27.9 Å². The maximum atomic E-state index is 15.7. The summed E-state index contributed by atoms with van der Waals surface area (Å²) < 4.78 is 111. The van der Waals surface area contributed by atoms with Gasteiger partial charge in [0.1, 0.15) is 18.1 Å². The molecular weight excluding hydrogens is 707 g/mol. The van der Waals surface area contributed by atoms with E-state index in [0.717, 1.165) is 55.3 Å². The number of halogens is 6. The maximum absolute atomic E-state index is 15.7. The Bertz CT molecular complexity index is 2320. The van der Waals surface area contributed by atoms with Crippen molar-refractivity contribution in [2.45, 2.75) is 51.8 Å². The first-order chi connectivity index (χ1) is 24.3. The van der Waals surface area contributed by atoms with Crippen molar-refractivity contribution in [1.82, 2.24) is 0 Å². The van der Waals surface area contributed by atoms with Crippen molar-refractivity contribution in [2.75, 3.05) is 13.7 Å². The number of aryl methyl sites for hydroxylation is 2. The van der Waals surface area contributed by atoms with Gasteiger partial charge in [0.05, 0.1) is 13.7 Å². The fourth-order valence-electron chi connectivity index (χ4n) is 6.82. The largest absolute Gasteiger partial charge is 0.496 e. The highest BCUT2D eigenvalue weighted by atomic mass is 32.1. The Balaban J connectivity index is 1.34. The summed E-state index contributed by atoms with van der Waals surface area (Å²) in [7, 11) is 1.58. The highest BCUT2D eigenvalue weighted by Crippen LogP contribution is 2.66. The first kappa shape index (κ1) is 35.1. The lowest BCUT2D eigenvalue weighted by Gasteiger charge is -2.25. The van der Waals surface area contributed by atoms with Gasteiger partial charge in [-0.1, -0.05) is 60.7 Å². The van der Waals surface area contributed by atoms with Crippen LogP contribution in [0.1, 0.15) is 37.6 Å². The summed E-state index contributed by atoms with van der Waals surface area (Å²) in [5.74, 6) is -14.9. The molecule has 0 aliphatic heterocycles. The second-order valence-electron chi connectivity index (χ2n) is 12.3. The Hall–Kier alpha value is -4.32. The third-order valence-corrected chi connectivity index (χ3v) is 11.3. The van der Waals surface area contributed by atoms with E-state index in [1.165, 1.54) is 26.0 Å². The zero-order valence-corrected chi connectivity index (χ0v) is 29.6. The summed E-state index contributed by atoms with van der Waals surface area (Å²) in [6.45, 7) is 4.90. The van der Waals surface area contributed by atoms with E-state index >= 15 is 26.3 Å². The number of thiophene rings is 2. The Morgan fingerprint density at radius 2 is 1.08 bits per heavy atom. The molecule has 0 saturated carbocycles. The molecule has 0 bridgehead atoms. The summed E-state index contributed by atoms with van der Waals surface area (Å²) >= 11 is 2.08. The standard InChI is InChI=1S/C40H32F6O3S2/c1-5-48-20-26-18-30(22(2)50-26)36-37(39(43,44)40(45,46)38(36,41)42)31-19-27(51-23(31)3)21-49-33-17-15-25-11-7-9-13-29(25)35(33)34-28-12-8-6-10-24(28)14-16-32(34)47-4/h6-19H,5,20-21H2,1-4H3. The first-order valence-corrected chi connectivity index (χ1v) is 17.8. The summed E-state index contributed by atoms with van der Waals surface area (Å²) in [5, 5.41) is 3.73. The lowest BCUT2D eigenvalue weighted by Crippen LogP contribution is -2.48. The Morgan fingerprint density at radius 1 is 0.608 bits per heavy atom. The van der Waals surface area contributed by atoms with Crippen LogP contribution in [0, 0.1) is 13.8 Å². The average molecular weight is 739 g/mol. The van der Waals surface area contributed by atoms with Crippen LogP contribution in [0.3, 0.4) is 0 Å². The van der Waals surface area contributed by atoms with Gasteiger partial charge in [-0.15, -0.1) is 22.7 Å². The minimum Gasteiger partial charge on any atom is -0.496 e. The highest BCUT2D eigenvalue weighted by molar-refractivity contribution is 7.12. The quantitative estimate of drug-likeness (QED) is 0.131. The molecular formula is C40H32F6O3S2.